The molecule has 1 aliphatic rings. The van der Waals surface area contributed by atoms with Gasteiger partial charge in [0, 0.05) is 26.1 Å². The SMILES string of the molecule is NNc1cccc(C(=O)N2CCNC(=O)CC2)n1. The monoisotopic (exact) mass is 249 g/mol. The number of nitrogens with zero attached hydrogens (tertiary/aromatic N) is 2. The van der Waals surface area contributed by atoms with Crippen LogP contribution >= 0.6 is 0 Å². The molecule has 96 valence electrons. The van der Waals surface area contributed by atoms with Gasteiger partial charge in [0.15, 0.2) is 0 Å². The minimum atomic E-state index is -0.191. The Balaban J connectivity index is 2.12. The molecule has 0 radical (unpaired) electrons. The summed E-state index contributed by atoms with van der Waals surface area (Å²) >= 11 is 0. The molecular formula is C11H15N5O2. The molecule has 0 spiro atoms. The van der Waals surface area contributed by atoms with Gasteiger partial charge in [-0.25, -0.2) is 10.8 Å². The first-order valence-corrected chi connectivity index (χ1v) is 5.70. The third kappa shape index (κ3) is 2.75. The van der Waals surface area contributed by atoms with Crippen LogP contribution in [0.1, 0.15) is 16.9 Å². The summed E-state index contributed by atoms with van der Waals surface area (Å²) < 4.78 is 0. The topological polar surface area (TPSA) is 100 Å². The van der Waals surface area contributed by atoms with Crippen LogP contribution in [-0.4, -0.2) is 41.3 Å². The Kier molecular flexibility index (Phi) is 3.73. The average Bonchev–Trinajstić information content (AvgIpc) is 2.63. The zero-order chi connectivity index (χ0) is 13.0. The maximum atomic E-state index is 12.2. The van der Waals surface area contributed by atoms with E-state index in [0.29, 0.717) is 37.6 Å². The van der Waals surface area contributed by atoms with E-state index >= 15 is 0 Å². The zero-order valence-electron chi connectivity index (χ0n) is 9.85. The number of hydrogen-bond donors (Lipinski definition) is 3. The van der Waals surface area contributed by atoms with Crippen molar-refractivity contribution in [3.05, 3.63) is 23.9 Å². The minimum absolute atomic E-state index is 0.0318. The molecule has 4 N–H and O–H groups in total. The third-order valence-electron chi connectivity index (χ3n) is 2.72. The molecule has 1 aliphatic heterocycles. The van der Waals surface area contributed by atoms with Crippen LogP contribution in [0, 0.1) is 0 Å². The van der Waals surface area contributed by atoms with Crippen molar-refractivity contribution in [3.63, 3.8) is 0 Å². The Labute approximate surface area is 104 Å². The van der Waals surface area contributed by atoms with Crippen LogP contribution in [0.5, 0.6) is 0 Å². The number of nitrogen functional groups attached to an aromatic ring is 1. The molecule has 1 aromatic rings. The molecule has 0 aliphatic carbocycles. The van der Waals surface area contributed by atoms with Gasteiger partial charge in [-0.1, -0.05) is 6.07 Å². The number of pyridine rings is 1. The zero-order valence-corrected chi connectivity index (χ0v) is 9.85. The fourth-order valence-corrected chi connectivity index (χ4v) is 1.77. The molecule has 7 nitrogen and oxygen atoms in total. The lowest BCUT2D eigenvalue weighted by molar-refractivity contribution is -0.120. The first-order chi connectivity index (χ1) is 8.70. The molecule has 18 heavy (non-hydrogen) atoms. The van der Waals surface area contributed by atoms with Gasteiger partial charge in [-0.3, -0.25) is 9.59 Å². The van der Waals surface area contributed by atoms with Gasteiger partial charge in [0.2, 0.25) is 5.91 Å². The molecular weight excluding hydrogens is 234 g/mol. The molecule has 2 rings (SSSR count). The molecule has 0 aromatic carbocycles. The van der Waals surface area contributed by atoms with Crippen LogP contribution in [0.4, 0.5) is 5.82 Å². The second-order valence-corrected chi connectivity index (χ2v) is 3.94. The number of amides is 2. The van der Waals surface area contributed by atoms with Crippen molar-refractivity contribution in [1.29, 1.82) is 0 Å². The van der Waals surface area contributed by atoms with Crippen LogP contribution in [-0.2, 0) is 4.79 Å². The highest BCUT2D eigenvalue weighted by molar-refractivity contribution is 5.93. The van der Waals surface area contributed by atoms with E-state index in [9.17, 15) is 9.59 Å². The fraction of sp³-hybridized carbons (Fsp3) is 0.364. The van der Waals surface area contributed by atoms with Gasteiger partial charge >= 0.3 is 0 Å². The first kappa shape index (κ1) is 12.3. The summed E-state index contributed by atoms with van der Waals surface area (Å²) in [7, 11) is 0. The summed E-state index contributed by atoms with van der Waals surface area (Å²) in [6, 6.07) is 5.00. The molecule has 0 saturated carbocycles. The smallest absolute Gasteiger partial charge is 0.272 e. The number of nitrogens with two attached hydrogens (primary N) is 1. The Morgan fingerprint density at radius 2 is 2.28 bits per heavy atom. The largest absolute Gasteiger partial charge is 0.354 e. The third-order valence-corrected chi connectivity index (χ3v) is 2.72. The molecule has 0 bridgehead atoms. The molecule has 2 heterocycles. The minimum Gasteiger partial charge on any atom is -0.354 e. The predicted molar refractivity (Wildman–Crippen MR) is 65.6 cm³/mol. The summed E-state index contributed by atoms with van der Waals surface area (Å²) in [5, 5.41) is 2.72. The van der Waals surface area contributed by atoms with Crippen LogP contribution in [0.2, 0.25) is 0 Å². The highest BCUT2D eigenvalue weighted by atomic mass is 16.2. The van der Waals surface area contributed by atoms with Gasteiger partial charge in [0.05, 0.1) is 0 Å². The van der Waals surface area contributed by atoms with Crippen LogP contribution in [0.15, 0.2) is 18.2 Å². The lowest BCUT2D eigenvalue weighted by atomic mass is 10.3. The first-order valence-electron chi connectivity index (χ1n) is 5.70. The number of carbonyl (C=O) groups excluding carboxylic acids is 2. The van der Waals surface area contributed by atoms with E-state index in [2.05, 4.69) is 15.7 Å². The maximum Gasteiger partial charge on any atom is 0.272 e. The second kappa shape index (κ2) is 5.46. The summed E-state index contributed by atoms with van der Waals surface area (Å²) in [6.07, 6.45) is 0.320. The van der Waals surface area contributed by atoms with E-state index in [1.807, 2.05) is 0 Å². The van der Waals surface area contributed by atoms with Crippen LogP contribution in [0.3, 0.4) is 0 Å². The molecule has 0 unspecified atom stereocenters. The van der Waals surface area contributed by atoms with Crippen molar-refractivity contribution in [3.8, 4) is 0 Å². The van der Waals surface area contributed by atoms with Crippen LogP contribution in [0.25, 0.3) is 0 Å². The van der Waals surface area contributed by atoms with Gasteiger partial charge in [-0.15, -0.1) is 0 Å². The Hall–Kier alpha value is -2.15. The Bertz CT molecular complexity index is 463. The summed E-state index contributed by atoms with van der Waals surface area (Å²) in [4.78, 5) is 29.1. The van der Waals surface area contributed by atoms with E-state index < -0.39 is 0 Å². The number of aromatic nitrogens is 1. The quantitative estimate of drug-likeness (QED) is 0.477. The van der Waals surface area contributed by atoms with E-state index in [4.69, 9.17) is 5.84 Å². The molecule has 2 amide bonds. The maximum absolute atomic E-state index is 12.2. The molecule has 1 aromatic heterocycles. The number of nitrogens with one attached hydrogen (secondary N) is 2. The summed E-state index contributed by atoms with van der Waals surface area (Å²) in [6.45, 7) is 1.37. The fourth-order valence-electron chi connectivity index (χ4n) is 1.77. The molecule has 1 saturated heterocycles. The van der Waals surface area contributed by atoms with Gasteiger partial charge < -0.3 is 15.6 Å². The van der Waals surface area contributed by atoms with Gasteiger partial charge in [-0.2, -0.15) is 0 Å². The van der Waals surface area contributed by atoms with E-state index in [0.717, 1.165) is 0 Å². The summed E-state index contributed by atoms with van der Waals surface area (Å²) in [5.74, 6) is 5.46. The Morgan fingerprint density at radius 3 is 3.06 bits per heavy atom. The van der Waals surface area contributed by atoms with E-state index in [1.54, 1.807) is 23.1 Å². The molecule has 1 fully saturated rings. The van der Waals surface area contributed by atoms with Crippen molar-refractivity contribution >= 4 is 17.6 Å². The van der Waals surface area contributed by atoms with Crippen molar-refractivity contribution in [2.24, 2.45) is 5.84 Å². The Morgan fingerprint density at radius 1 is 1.44 bits per heavy atom. The van der Waals surface area contributed by atoms with E-state index in [1.165, 1.54) is 0 Å². The van der Waals surface area contributed by atoms with E-state index in [-0.39, 0.29) is 11.8 Å². The highest BCUT2D eigenvalue weighted by Gasteiger charge is 2.20. The lowest BCUT2D eigenvalue weighted by Crippen LogP contribution is -2.34. The predicted octanol–water partition coefficient (Wildman–Crippen LogP) is -0.671. The van der Waals surface area contributed by atoms with Gasteiger partial charge in [-0.05, 0) is 12.1 Å². The number of hydrogen-bond acceptors (Lipinski definition) is 5. The normalized spacial score (nSPS) is 15.8. The van der Waals surface area contributed by atoms with Crippen LogP contribution < -0.4 is 16.6 Å². The molecule has 0 atom stereocenters. The van der Waals surface area contributed by atoms with Crippen molar-refractivity contribution in [1.82, 2.24) is 15.2 Å². The van der Waals surface area contributed by atoms with Crippen molar-refractivity contribution in [2.45, 2.75) is 6.42 Å². The number of hydrazine groups is 1. The van der Waals surface area contributed by atoms with Gasteiger partial charge in [0.1, 0.15) is 11.5 Å². The van der Waals surface area contributed by atoms with Crippen molar-refractivity contribution < 1.29 is 9.59 Å². The second-order valence-electron chi connectivity index (χ2n) is 3.94. The number of anilines is 1. The van der Waals surface area contributed by atoms with Crippen molar-refractivity contribution in [2.75, 3.05) is 25.1 Å². The lowest BCUT2D eigenvalue weighted by Gasteiger charge is -2.19. The molecule has 7 heteroatoms. The standard InChI is InChI=1S/C11H15N5O2/c12-15-9-3-1-2-8(14-9)11(18)16-6-4-10(17)13-5-7-16/h1-3H,4-7,12H2,(H,13,17)(H,14,15). The average molecular weight is 249 g/mol. The number of carbonyl (C=O) groups is 2. The highest BCUT2D eigenvalue weighted by Crippen LogP contribution is 2.08. The van der Waals surface area contributed by atoms with Gasteiger partial charge in [0.25, 0.3) is 5.91 Å². The summed E-state index contributed by atoms with van der Waals surface area (Å²) in [5.41, 5.74) is 2.72. The number of rotatable bonds is 2.